The van der Waals surface area contributed by atoms with Gasteiger partial charge in [0.25, 0.3) is 0 Å². The van der Waals surface area contributed by atoms with Gasteiger partial charge in [-0.1, -0.05) is 76.9 Å². The second kappa shape index (κ2) is 14.4. The molecule has 5 aromatic carbocycles. The van der Waals surface area contributed by atoms with Gasteiger partial charge in [-0.3, -0.25) is 0 Å². The van der Waals surface area contributed by atoms with Gasteiger partial charge in [0.05, 0.1) is 0 Å². The van der Waals surface area contributed by atoms with Gasteiger partial charge in [-0.25, -0.2) is 12.1 Å². The number of rotatable bonds is 2. The predicted molar refractivity (Wildman–Crippen MR) is 153 cm³/mol. The molecule has 0 aliphatic rings. The molecule has 0 aromatic heterocycles. The standard InChI is InChI=1S/C21H25.C8H8.C5H5.2FH.Zr/c1-20(2,3)16-7-9-18-14(12-16)11-15-13-17(21(4,5)6)8-10-19(15)18;1-2-8-6-4-3-5-7-8;1-2-4-5-3-1;;;/h7-13H,1-6H3;1,3-7H,2H2;1-5H;2*1H;/q-1;;-1;;;+2/p-2. The molecule has 0 heterocycles. The third-order valence-electron chi connectivity index (χ3n) is 6.17. The first-order chi connectivity index (χ1) is 16.6. The van der Waals surface area contributed by atoms with Crippen molar-refractivity contribution in [1.29, 1.82) is 0 Å². The van der Waals surface area contributed by atoms with Crippen LogP contribution in [-0.2, 0) is 41.5 Å². The van der Waals surface area contributed by atoms with E-state index in [1.54, 1.807) is 0 Å². The number of halogens is 2. The summed E-state index contributed by atoms with van der Waals surface area (Å²) in [5.41, 5.74) is 4.62. The zero-order valence-corrected chi connectivity index (χ0v) is 25.3. The fourth-order valence-corrected chi connectivity index (χ4v) is 4.59. The monoisotopic (exact) mass is 574 g/mol. The van der Waals surface area contributed by atoms with Crippen LogP contribution < -0.4 is 9.41 Å². The molecule has 0 aliphatic carbocycles. The molecule has 0 nitrogen and oxygen atoms in total. The molecule has 0 saturated heterocycles. The summed E-state index contributed by atoms with van der Waals surface area (Å²) in [6.07, 6.45) is 1.12. The van der Waals surface area contributed by atoms with Gasteiger partial charge in [-0.15, -0.1) is 39.7 Å². The first-order valence-corrected chi connectivity index (χ1v) is 13.9. The summed E-state index contributed by atoms with van der Waals surface area (Å²) in [6.45, 7) is 13.6. The molecule has 0 N–H and O–H groups in total. The first-order valence-electron chi connectivity index (χ1n) is 12.4. The van der Waals surface area contributed by atoms with E-state index in [1.807, 2.05) is 36.4 Å². The zero-order chi connectivity index (χ0) is 25.5. The molecule has 0 unspecified atom stereocenters. The summed E-state index contributed by atoms with van der Waals surface area (Å²) in [7, 11) is 0. The van der Waals surface area contributed by atoms with Gasteiger partial charge in [-0.2, -0.15) is 18.2 Å². The molecular weight excluding hydrogens is 538 g/mol. The number of benzene rings is 3. The molecule has 0 atom stereocenters. The normalized spacial score (nSPS) is 10.8. The van der Waals surface area contributed by atoms with Crippen molar-refractivity contribution in [2.45, 2.75) is 58.8 Å². The summed E-state index contributed by atoms with van der Waals surface area (Å²) in [5.74, 6) is 0. The van der Waals surface area contributed by atoms with E-state index in [9.17, 15) is 0 Å². The van der Waals surface area contributed by atoms with Crippen LogP contribution in [0.15, 0.2) is 103 Å². The van der Waals surface area contributed by atoms with E-state index in [0.29, 0.717) is 0 Å². The van der Waals surface area contributed by atoms with Crippen LogP contribution in [0.25, 0.3) is 21.5 Å². The number of hydrogen-bond donors (Lipinski definition) is 0. The maximum absolute atomic E-state index is 2.35. The first kappa shape index (κ1) is 32.5. The van der Waals surface area contributed by atoms with Crippen molar-refractivity contribution in [3.8, 4) is 0 Å². The van der Waals surface area contributed by atoms with E-state index in [1.165, 1.54) is 62.5 Å². The van der Waals surface area contributed by atoms with Gasteiger partial charge in [0.15, 0.2) is 0 Å². The average molecular weight is 576 g/mol. The Kier molecular flexibility index (Phi) is 12.7. The minimum absolute atomic E-state index is 0. The largest absolute Gasteiger partial charge is 0.214 e. The molecular formula is C34H38F2Zr-2. The second-order valence-electron chi connectivity index (χ2n) is 11.1. The number of fused-ring (bicyclic) bond motifs is 3. The maximum Gasteiger partial charge on any atom is -0.172 e. The van der Waals surface area contributed by atoms with E-state index in [2.05, 4.69) is 112 Å². The molecule has 0 saturated carbocycles. The van der Waals surface area contributed by atoms with Crippen LogP contribution in [-0.4, -0.2) is 3.71 Å². The molecule has 37 heavy (non-hydrogen) atoms. The molecule has 3 heteroatoms. The van der Waals surface area contributed by atoms with Crippen molar-refractivity contribution in [2.75, 3.05) is 0 Å². The van der Waals surface area contributed by atoms with Gasteiger partial charge >= 0.3 is 70.3 Å². The SMILES string of the molecule is CC(C)(C)c1ccc2c(c1)[cH-]c1cc(C(C)(C)C)ccc12.[F-].[F-].[Zr+2]=[CH]Cc1ccccc1.c1cc[cH-]c1. The van der Waals surface area contributed by atoms with Crippen LogP contribution in [0.2, 0.25) is 0 Å². The average Bonchev–Trinajstić information content (AvgIpc) is 3.50. The van der Waals surface area contributed by atoms with Gasteiger partial charge < -0.3 is 9.41 Å². The van der Waals surface area contributed by atoms with Gasteiger partial charge in [0.1, 0.15) is 0 Å². The summed E-state index contributed by atoms with van der Waals surface area (Å²) in [4.78, 5) is 0. The molecule has 0 aliphatic heterocycles. The summed E-state index contributed by atoms with van der Waals surface area (Å²) in [5, 5.41) is 5.48. The third-order valence-corrected chi connectivity index (χ3v) is 6.67. The molecule has 5 rings (SSSR count). The van der Waals surface area contributed by atoms with Crippen LogP contribution in [0.4, 0.5) is 0 Å². The van der Waals surface area contributed by atoms with Crippen LogP contribution >= 0.6 is 0 Å². The van der Waals surface area contributed by atoms with Crippen molar-refractivity contribution in [1.82, 2.24) is 0 Å². The van der Waals surface area contributed by atoms with Crippen LogP contribution in [0.3, 0.4) is 0 Å². The van der Waals surface area contributed by atoms with Crippen molar-refractivity contribution in [2.24, 2.45) is 0 Å². The Morgan fingerprint density at radius 3 is 1.46 bits per heavy atom. The molecule has 0 spiro atoms. The van der Waals surface area contributed by atoms with Crippen LogP contribution in [0.5, 0.6) is 0 Å². The summed E-state index contributed by atoms with van der Waals surface area (Å²) >= 11 is 1.51. The molecule has 0 amide bonds. The van der Waals surface area contributed by atoms with E-state index in [4.69, 9.17) is 0 Å². The van der Waals surface area contributed by atoms with Crippen LogP contribution in [0, 0.1) is 0 Å². The van der Waals surface area contributed by atoms with E-state index in [-0.39, 0.29) is 20.2 Å². The van der Waals surface area contributed by atoms with Crippen molar-refractivity contribution >= 4 is 25.3 Å². The van der Waals surface area contributed by atoms with Gasteiger partial charge in [-0.05, 0) is 10.8 Å². The van der Waals surface area contributed by atoms with E-state index < -0.39 is 0 Å². The van der Waals surface area contributed by atoms with Gasteiger partial charge in [0, 0.05) is 0 Å². The Balaban J connectivity index is 0.000000354. The Morgan fingerprint density at radius 1 is 0.649 bits per heavy atom. The number of hydrogen-bond acceptors (Lipinski definition) is 0. The maximum atomic E-state index is 2.35. The quantitative estimate of drug-likeness (QED) is 0.284. The van der Waals surface area contributed by atoms with Crippen molar-refractivity contribution < 1.29 is 33.6 Å². The Labute approximate surface area is 236 Å². The van der Waals surface area contributed by atoms with Crippen LogP contribution in [0.1, 0.15) is 58.2 Å². The third kappa shape index (κ3) is 9.39. The molecule has 194 valence electrons. The summed E-state index contributed by atoms with van der Waals surface area (Å²) in [6, 6.07) is 36.7. The zero-order valence-electron chi connectivity index (χ0n) is 22.9. The second-order valence-corrected chi connectivity index (χ2v) is 12.1. The topological polar surface area (TPSA) is 0 Å². The molecule has 0 radical (unpaired) electrons. The molecule has 0 fully saturated rings. The minimum Gasteiger partial charge on any atom is -0.214 e. The Morgan fingerprint density at radius 2 is 1.11 bits per heavy atom. The summed E-state index contributed by atoms with van der Waals surface area (Å²) < 4.78 is 2.25. The fourth-order valence-electron chi connectivity index (χ4n) is 4.01. The van der Waals surface area contributed by atoms with Crippen molar-refractivity contribution in [3.63, 3.8) is 0 Å². The minimum atomic E-state index is 0. The molecule has 5 aromatic rings. The molecule has 0 bridgehead atoms. The van der Waals surface area contributed by atoms with Gasteiger partial charge in [0.2, 0.25) is 0 Å². The smallest absolute Gasteiger partial charge is 0.172 e. The van der Waals surface area contributed by atoms with E-state index in [0.717, 1.165) is 6.42 Å². The Bertz CT molecular complexity index is 1250. The predicted octanol–water partition coefficient (Wildman–Crippen LogP) is 3.30. The van der Waals surface area contributed by atoms with Crippen molar-refractivity contribution in [3.05, 3.63) is 120 Å². The fraction of sp³-hybridized carbons (Fsp3) is 0.265. The van der Waals surface area contributed by atoms with E-state index >= 15 is 0 Å². The Hall–Kier alpha value is -2.51.